The monoisotopic (exact) mass is 249 g/mol. The number of ether oxygens (including phenoxy) is 2. The van der Waals surface area contributed by atoms with Crippen molar-refractivity contribution < 1.29 is 19.6 Å². The summed E-state index contributed by atoms with van der Waals surface area (Å²) in [7, 11) is 0. The van der Waals surface area contributed by atoms with E-state index in [9.17, 15) is 4.79 Å². The molecule has 1 aromatic carbocycles. The lowest BCUT2D eigenvalue weighted by Gasteiger charge is -2.31. The van der Waals surface area contributed by atoms with Gasteiger partial charge in [0, 0.05) is 0 Å². The molecule has 2 aliphatic rings. The van der Waals surface area contributed by atoms with Crippen LogP contribution >= 0.6 is 0 Å². The van der Waals surface area contributed by atoms with Crippen molar-refractivity contribution in [3.8, 4) is 11.5 Å². The Morgan fingerprint density at radius 3 is 2.72 bits per heavy atom. The molecule has 5 heteroatoms. The van der Waals surface area contributed by atoms with E-state index in [-0.39, 0.29) is 5.91 Å². The molecule has 96 valence electrons. The molecule has 2 heterocycles. The minimum absolute atomic E-state index is 0.0394. The number of fused-ring (bicyclic) bond motifs is 1. The molecule has 3 rings (SSSR count). The Hall–Kier alpha value is -1.75. The topological polar surface area (TPSA) is 55.4 Å². The van der Waals surface area contributed by atoms with Crippen molar-refractivity contribution in [3.63, 3.8) is 0 Å². The predicted molar refractivity (Wildman–Crippen MR) is 64.6 cm³/mol. The van der Waals surface area contributed by atoms with E-state index in [2.05, 4.69) is 5.32 Å². The zero-order valence-corrected chi connectivity index (χ0v) is 10.2. The number of amides is 1. The highest BCUT2D eigenvalue weighted by atomic mass is 16.6. The maximum Gasteiger partial charge on any atom is 0.267 e. The highest BCUT2D eigenvalue weighted by Crippen LogP contribution is 2.31. The molecule has 2 aliphatic heterocycles. The Balaban J connectivity index is 1.69. The lowest BCUT2D eigenvalue weighted by atomic mass is 10.2. The van der Waals surface area contributed by atoms with Crippen LogP contribution in [0.4, 0.5) is 0 Å². The largest absolute Gasteiger partial charge is 0.485 e. The van der Waals surface area contributed by atoms with Gasteiger partial charge in [-0.25, -0.2) is 0 Å². The summed E-state index contributed by atoms with van der Waals surface area (Å²) in [5.74, 6) is 1.41. The van der Waals surface area contributed by atoms with Crippen LogP contribution in [0.2, 0.25) is 0 Å². The van der Waals surface area contributed by atoms with E-state index in [0.29, 0.717) is 18.1 Å². The lowest BCUT2D eigenvalue weighted by molar-refractivity contribution is -0.662. The van der Waals surface area contributed by atoms with Crippen LogP contribution in [0.15, 0.2) is 24.3 Å². The average Bonchev–Trinajstić information content (AvgIpc) is 2.47. The van der Waals surface area contributed by atoms with Crippen molar-refractivity contribution in [2.24, 2.45) is 0 Å². The molecule has 0 aromatic heterocycles. The fourth-order valence-electron chi connectivity index (χ4n) is 2.32. The Kier molecular flexibility index (Phi) is 3.06. The second-order valence-electron chi connectivity index (χ2n) is 4.56. The van der Waals surface area contributed by atoms with Gasteiger partial charge in [-0.05, 0) is 12.1 Å². The van der Waals surface area contributed by atoms with Gasteiger partial charge in [0.2, 0.25) is 6.10 Å². The van der Waals surface area contributed by atoms with Crippen molar-refractivity contribution in [1.29, 1.82) is 0 Å². The van der Waals surface area contributed by atoms with Crippen LogP contribution in [-0.4, -0.2) is 49.7 Å². The van der Waals surface area contributed by atoms with Crippen molar-refractivity contribution in [2.45, 2.75) is 6.10 Å². The maximum absolute atomic E-state index is 12.3. The standard InChI is InChI=1S/C13H16N2O3/c16-13(15-7-5-14-6-8-15)12-9-17-10-3-1-2-4-11(10)18-12/h1-4,12,14H,5-9H2/p+1. The van der Waals surface area contributed by atoms with Gasteiger partial charge in [0.25, 0.3) is 5.91 Å². The van der Waals surface area contributed by atoms with Gasteiger partial charge in [-0.2, -0.15) is 0 Å². The van der Waals surface area contributed by atoms with Crippen molar-refractivity contribution in [2.75, 3.05) is 32.8 Å². The van der Waals surface area contributed by atoms with E-state index in [0.717, 1.165) is 26.2 Å². The zero-order chi connectivity index (χ0) is 12.4. The highest BCUT2D eigenvalue weighted by molar-refractivity contribution is 5.82. The third-order valence-electron chi connectivity index (χ3n) is 3.30. The summed E-state index contributed by atoms with van der Waals surface area (Å²) in [4.78, 5) is 14.1. The first-order valence-corrected chi connectivity index (χ1v) is 6.33. The molecule has 0 spiro atoms. The molecule has 1 unspecified atom stereocenters. The van der Waals surface area contributed by atoms with Gasteiger partial charge in [-0.15, -0.1) is 0 Å². The Labute approximate surface area is 106 Å². The van der Waals surface area contributed by atoms with E-state index in [1.54, 1.807) is 0 Å². The number of carbonyl (C=O) groups is 1. The third-order valence-corrected chi connectivity index (χ3v) is 3.30. The first kappa shape index (κ1) is 11.3. The van der Waals surface area contributed by atoms with Crippen LogP contribution in [-0.2, 0) is 4.79 Å². The van der Waals surface area contributed by atoms with Gasteiger partial charge in [0.05, 0.1) is 26.2 Å². The quantitative estimate of drug-likeness (QED) is 0.711. The summed E-state index contributed by atoms with van der Waals surface area (Å²) >= 11 is 0. The first-order chi connectivity index (χ1) is 8.84. The average molecular weight is 249 g/mol. The number of carbonyl (C=O) groups excluding carboxylic acids is 1. The highest BCUT2D eigenvalue weighted by Gasteiger charge is 2.32. The van der Waals surface area contributed by atoms with Crippen LogP contribution in [0, 0.1) is 0 Å². The van der Waals surface area contributed by atoms with Gasteiger partial charge in [0.15, 0.2) is 11.5 Å². The lowest BCUT2D eigenvalue weighted by Crippen LogP contribution is -2.90. The van der Waals surface area contributed by atoms with E-state index >= 15 is 0 Å². The van der Waals surface area contributed by atoms with Gasteiger partial charge < -0.3 is 19.7 Å². The fourth-order valence-corrected chi connectivity index (χ4v) is 2.32. The molecule has 0 bridgehead atoms. The number of nitrogens with zero attached hydrogens (tertiary/aromatic N) is 1. The maximum atomic E-state index is 12.3. The molecule has 0 radical (unpaired) electrons. The Morgan fingerprint density at radius 1 is 1.22 bits per heavy atom. The van der Waals surface area contributed by atoms with Gasteiger partial charge >= 0.3 is 0 Å². The summed E-state index contributed by atoms with van der Waals surface area (Å²) in [6.45, 7) is 3.82. The number of piperazine rings is 1. The molecular weight excluding hydrogens is 232 g/mol. The number of hydrogen-bond acceptors (Lipinski definition) is 3. The van der Waals surface area contributed by atoms with Crippen molar-refractivity contribution in [3.05, 3.63) is 24.3 Å². The molecule has 1 amide bonds. The molecule has 0 aliphatic carbocycles. The van der Waals surface area contributed by atoms with Crippen molar-refractivity contribution >= 4 is 5.91 Å². The van der Waals surface area contributed by atoms with Crippen molar-refractivity contribution in [1.82, 2.24) is 4.90 Å². The normalized spacial score (nSPS) is 22.7. The predicted octanol–water partition coefficient (Wildman–Crippen LogP) is -0.768. The third kappa shape index (κ3) is 2.13. The van der Waals surface area contributed by atoms with E-state index in [4.69, 9.17) is 9.47 Å². The minimum atomic E-state index is -0.502. The number of para-hydroxylation sites is 2. The van der Waals surface area contributed by atoms with Crippen LogP contribution < -0.4 is 14.8 Å². The van der Waals surface area contributed by atoms with Crippen LogP contribution in [0.1, 0.15) is 0 Å². The smallest absolute Gasteiger partial charge is 0.267 e. The SMILES string of the molecule is O=C(C1COc2ccccc2O1)N1CC[NH2+]CC1. The van der Waals surface area contributed by atoms with Gasteiger partial charge in [-0.3, -0.25) is 4.79 Å². The number of hydrogen-bond donors (Lipinski definition) is 1. The number of nitrogens with two attached hydrogens (primary N) is 1. The molecule has 1 fully saturated rings. The molecular formula is C13H17N2O3+. The molecule has 18 heavy (non-hydrogen) atoms. The summed E-state index contributed by atoms with van der Waals surface area (Å²) in [6.07, 6.45) is -0.502. The first-order valence-electron chi connectivity index (χ1n) is 6.33. The second-order valence-corrected chi connectivity index (χ2v) is 4.56. The van der Waals surface area contributed by atoms with Crippen LogP contribution in [0.3, 0.4) is 0 Å². The zero-order valence-electron chi connectivity index (χ0n) is 10.2. The summed E-state index contributed by atoms with van der Waals surface area (Å²) < 4.78 is 11.3. The van der Waals surface area contributed by atoms with E-state index in [1.807, 2.05) is 29.2 Å². The van der Waals surface area contributed by atoms with E-state index < -0.39 is 6.10 Å². The molecule has 1 saturated heterocycles. The molecule has 1 atom stereocenters. The van der Waals surface area contributed by atoms with E-state index in [1.165, 1.54) is 0 Å². The Morgan fingerprint density at radius 2 is 1.94 bits per heavy atom. The summed E-state index contributed by atoms with van der Waals surface area (Å²) in [5, 5.41) is 2.22. The molecule has 0 saturated carbocycles. The molecule has 1 aromatic rings. The second kappa shape index (κ2) is 4.86. The Bertz CT molecular complexity index is 444. The summed E-state index contributed by atoms with van der Waals surface area (Å²) in [6, 6.07) is 7.46. The van der Waals surface area contributed by atoms with Gasteiger partial charge in [0.1, 0.15) is 6.61 Å². The van der Waals surface area contributed by atoms with Crippen LogP contribution in [0.5, 0.6) is 11.5 Å². The number of rotatable bonds is 1. The molecule has 2 N–H and O–H groups in total. The number of benzene rings is 1. The minimum Gasteiger partial charge on any atom is -0.485 e. The van der Waals surface area contributed by atoms with Crippen LogP contribution in [0.25, 0.3) is 0 Å². The van der Waals surface area contributed by atoms with Gasteiger partial charge in [-0.1, -0.05) is 12.1 Å². The number of quaternary nitrogens is 1. The molecule has 5 nitrogen and oxygen atoms in total. The summed E-state index contributed by atoms with van der Waals surface area (Å²) in [5.41, 5.74) is 0. The fraction of sp³-hybridized carbons (Fsp3) is 0.462.